The Morgan fingerprint density at radius 3 is 2.47 bits per heavy atom. The molecule has 1 aromatic carbocycles. The minimum atomic E-state index is 0.0764. The van der Waals surface area contributed by atoms with Crippen LogP contribution in [0.1, 0.15) is 22.9 Å². The van der Waals surface area contributed by atoms with E-state index in [9.17, 15) is 0 Å². The van der Waals surface area contributed by atoms with Crippen molar-refractivity contribution in [1.82, 2.24) is 10.3 Å². The highest BCUT2D eigenvalue weighted by Crippen LogP contribution is 2.26. The first-order chi connectivity index (χ1) is 9.10. The number of hydrogen-bond acceptors (Lipinski definition) is 2. The molecule has 0 aliphatic rings. The van der Waals surface area contributed by atoms with Crippen LogP contribution in [0.25, 0.3) is 0 Å². The maximum absolute atomic E-state index is 6.21. The summed E-state index contributed by atoms with van der Waals surface area (Å²) >= 11 is 12.1. The molecule has 2 rings (SSSR count). The van der Waals surface area contributed by atoms with Gasteiger partial charge >= 0.3 is 0 Å². The third-order valence-electron chi connectivity index (χ3n) is 3.08. The van der Waals surface area contributed by atoms with Crippen molar-refractivity contribution in [2.45, 2.75) is 19.4 Å². The van der Waals surface area contributed by atoms with E-state index in [1.165, 1.54) is 11.1 Å². The molecule has 0 amide bonds. The van der Waals surface area contributed by atoms with Gasteiger partial charge in [0.15, 0.2) is 0 Å². The molecule has 1 heterocycles. The minimum absolute atomic E-state index is 0.0764. The first kappa shape index (κ1) is 14.3. The molecular weight excluding hydrogens is 279 g/mol. The van der Waals surface area contributed by atoms with Gasteiger partial charge in [0, 0.05) is 6.20 Å². The van der Waals surface area contributed by atoms with E-state index in [4.69, 9.17) is 23.2 Å². The fourth-order valence-electron chi connectivity index (χ4n) is 1.98. The van der Waals surface area contributed by atoms with Gasteiger partial charge in [0.05, 0.1) is 21.8 Å². The lowest BCUT2D eigenvalue weighted by atomic mass is 10.0. The third kappa shape index (κ3) is 3.69. The van der Waals surface area contributed by atoms with Crippen molar-refractivity contribution < 1.29 is 0 Å². The van der Waals surface area contributed by atoms with Crippen LogP contribution in [0.2, 0.25) is 10.0 Å². The molecule has 0 aliphatic heterocycles. The summed E-state index contributed by atoms with van der Waals surface area (Å²) < 4.78 is 0. The molecule has 0 spiro atoms. The van der Waals surface area contributed by atoms with Crippen LogP contribution in [0.15, 0.2) is 36.5 Å². The predicted octanol–water partition coefficient (Wildman–Crippen LogP) is 4.20. The summed E-state index contributed by atoms with van der Waals surface area (Å²) in [5.74, 6) is 0. The number of benzene rings is 1. The van der Waals surface area contributed by atoms with Crippen LogP contribution in [0, 0.1) is 6.92 Å². The Morgan fingerprint density at radius 2 is 1.89 bits per heavy atom. The SMILES string of the molecule is CNC(Cc1ccc(C)cc1)c1ncc(Cl)cc1Cl. The summed E-state index contributed by atoms with van der Waals surface area (Å²) in [4.78, 5) is 4.34. The first-order valence-electron chi connectivity index (χ1n) is 6.14. The summed E-state index contributed by atoms with van der Waals surface area (Å²) in [6.45, 7) is 2.08. The van der Waals surface area contributed by atoms with Crippen LogP contribution in [0.5, 0.6) is 0 Å². The van der Waals surface area contributed by atoms with Crippen molar-refractivity contribution in [2.75, 3.05) is 7.05 Å². The van der Waals surface area contributed by atoms with Crippen LogP contribution >= 0.6 is 23.2 Å². The standard InChI is InChI=1S/C15H16Cl2N2/c1-10-3-5-11(6-4-10)7-14(18-2)15-13(17)8-12(16)9-19-15/h3-6,8-9,14,18H,7H2,1-2H3. The zero-order valence-electron chi connectivity index (χ0n) is 11.0. The predicted molar refractivity (Wildman–Crippen MR) is 80.9 cm³/mol. The van der Waals surface area contributed by atoms with Gasteiger partial charge in [0.1, 0.15) is 0 Å². The Morgan fingerprint density at radius 1 is 1.21 bits per heavy atom. The number of aryl methyl sites for hydroxylation is 1. The second-order valence-electron chi connectivity index (χ2n) is 4.55. The van der Waals surface area contributed by atoms with E-state index in [0.717, 1.165) is 12.1 Å². The van der Waals surface area contributed by atoms with Crippen LogP contribution < -0.4 is 5.32 Å². The molecule has 0 fully saturated rings. The molecule has 1 aromatic heterocycles. The van der Waals surface area contributed by atoms with Crippen LogP contribution in [-0.4, -0.2) is 12.0 Å². The van der Waals surface area contributed by atoms with Crippen molar-refractivity contribution in [2.24, 2.45) is 0 Å². The Hall–Kier alpha value is -1.09. The summed E-state index contributed by atoms with van der Waals surface area (Å²) in [6, 6.07) is 10.3. The van der Waals surface area contributed by atoms with Gasteiger partial charge in [-0.15, -0.1) is 0 Å². The average Bonchev–Trinajstić information content (AvgIpc) is 2.39. The van der Waals surface area contributed by atoms with Gasteiger partial charge in [0.25, 0.3) is 0 Å². The van der Waals surface area contributed by atoms with E-state index in [0.29, 0.717) is 10.0 Å². The van der Waals surface area contributed by atoms with Gasteiger partial charge < -0.3 is 5.32 Å². The number of aromatic nitrogens is 1. The van der Waals surface area contributed by atoms with Crippen molar-refractivity contribution in [3.63, 3.8) is 0 Å². The van der Waals surface area contributed by atoms with E-state index >= 15 is 0 Å². The molecule has 0 saturated carbocycles. The van der Waals surface area contributed by atoms with Gasteiger partial charge in [-0.05, 0) is 32.0 Å². The second-order valence-corrected chi connectivity index (χ2v) is 5.40. The topological polar surface area (TPSA) is 24.9 Å². The molecule has 0 aliphatic carbocycles. The number of halogens is 2. The zero-order valence-corrected chi connectivity index (χ0v) is 12.5. The van der Waals surface area contributed by atoms with Gasteiger partial charge in [-0.25, -0.2) is 0 Å². The molecule has 2 aromatic rings. The highest BCUT2D eigenvalue weighted by atomic mass is 35.5. The maximum atomic E-state index is 6.21. The molecule has 1 atom stereocenters. The van der Waals surface area contributed by atoms with Crippen molar-refractivity contribution in [3.8, 4) is 0 Å². The molecule has 4 heteroatoms. The molecule has 1 unspecified atom stereocenters. The Bertz CT molecular complexity index is 553. The fraction of sp³-hybridized carbons (Fsp3) is 0.267. The quantitative estimate of drug-likeness (QED) is 0.914. The number of pyridine rings is 1. The zero-order chi connectivity index (χ0) is 13.8. The van der Waals surface area contributed by atoms with E-state index in [1.807, 2.05) is 7.05 Å². The molecule has 1 N–H and O–H groups in total. The first-order valence-corrected chi connectivity index (χ1v) is 6.89. The van der Waals surface area contributed by atoms with Gasteiger partial charge in [-0.2, -0.15) is 0 Å². The van der Waals surface area contributed by atoms with E-state index < -0.39 is 0 Å². The lowest BCUT2D eigenvalue weighted by Crippen LogP contribution is -2.20. The monoisotopic (exact) mass is 294 g/mol. The van der Waals surface area contributed by atoms with Gasteiger partial charge in [-0.3, -0.25) is 4.98 Å². The summed E-state index contributed by atoms with van der Waals surface area (Å²) in [5, 5.41) is 4.40. The number of likely N-dealkylation sites (N-methyl/N-ethyl adjacent to an activating group) is 1. The lowest BCUT2D eigenvalue weighted by molar-refractivity contribution is 0.576. The normalized spacial score (nSPS) is 12.4. The van der Waals surface area contributed by atoms with Crippen molar-refractivity contribution in [3.05, 3.63) is 63.4 Å². The summed E-state index contributed by atoms with van der Waals surface area (Å²) in [5.41, 5.74) is 3.33. The Kier molecular flexibility index (Phi) is 4.81. The van der Waals surface area contributed by atoms with Gasteiger partial charge in [-0.1, -0.05) is 53.0 Å². The molecule has 100 valence electrons. The highest BCUT2D eigenvalue weighted by Gasteiger charge is 2.15. The molecule has 0 saturated heterocycles. The molecule has 0 radical (unpaired) electrons. The lowest BCUT2D eigenvalue weighted by Gasteiger charge is -2.17. The van der Waals surface area contributed by atoms with Crippen molar-refractivity contribution >= 4 is 23.2 Å². The van der Waals surface area contributed by atoms with Crippen LogP contribution in [0.3, 0.4) is 0 Å². The number of nitrogens with zero attached hydrogens (tertiary/aromatic N) is 1. The van der Waals surface area contributed by atoms with Crippen LogP contribution in [0.4, 0.5) is 0 Å². The third-order valence-corrected chi connectivity index (χ3v) is 3.58. The number of nitrogens with one attached hydrogen (secondary N) is 1. The molecule has 2 nitrogen and oxygen atoms in total. The molecular formula is C15H16Cl2N2. The Balaban J connectivity index is 2.22. The van der Waals surface area contributed by atoms with Crippen molar-refractivity contribution in [1.29, 1.82) is 0 Å². The summed E-state index contributed by atoms with van der Waals surface area (Å²) in [7, 11) is 1.91. The van der Waals surface area contributed by atoms with Gasteiger partial charge in [0.2, 0.25) is 0 Å². The maximum Gasteiger partial charge on any atom is 0.0763 e. The van der Waals surface area contributed by atoms with Crippen LogP contribution in [-0.2, 0) is 6.42 Å². The second kappa shape index (κ2) is 6.38. The van der Waals surface area contributed by atoms with E-state index in [2.05, 4.69) is 41.5 Å². The average molecular weight is 295 g/mol. The number of rotatable bonds is 4. The minimum Gasteiger partial charge on any atom is -0.311 e. The largest absolute Gasteiger partial charge is 0.311 e. The summed E-state index contributed by atoms with van der Waals surface area (Å²) in [6.07, 6.45) is 2.47. The number of hydrogen-bond donors (Lipinski definition) is 1. The van der Waals surface area contributed by atoms with E-state index in [-0.39, 0.29) is 6.04 Å². The molecule has 19 heavy (non-hydrogen) atoms. The highest BCUT2D eigenvalue weighted by molar-refractivity contribution is 6.34. The molecule has 0 bridgehead atoms. The smallest absolute Gasteiger partial charge is 0.0763 e. The van der Waals surface area contributed by atoms with E-state index in [1.54, 1.807) is 12.3 Å². The fourth-order valence-corrected chi connectivity index (χ4v) is 2.49. The Labute approximate surface area is 123 Å².